The Morgan fingerprint density at radius 3 is 1.67 bits per heavy atom. The maximum atomic E-state index is 13.4. The predicted octanol–water partition coefficient (Wildman–Crippen LogP) is 1.68. The molecule has 0 atom stereocenters. The quantitative estimate of drug-likeness (QED) is 0.382. The minimum absolute atomic E-state index is 0.121. The van der Waals surface area contributed by atoms with Gasteiger partial charge in [-0.3, -0.25) is 0 Å². The Hall–Kier alpha value is -0.680. The van der Waals surface area contributed by atoms with E-state index < -0.39 is 43.2 Å². The van der Waals surface area contributed by atoms with Crippen LogP contribution in [0.3, 0.4) is 0 Å². The molecule has 0 N–H and O–H groups in total. The summed E-state index contributed by atoms with van der Waals surface area (Å²) >= 11 is -3.11. The van der Waals surface area contributed by atoms with E-state index in [1.165, 1.54) is 25.1 Å². The Balaban J connectivity index is 3.20. The summed E-state index contributed by atoms with van der Waals surface area (Å²) in [4.78, 5) is 0. The Morgan fingerprint density at radius 2 is 1.24 bits per heavy atom. The first-order valence-electron chi connectivity index (χ1n) is 5.16. The molecule has 0 fully saturated rings. The van der Waals surface area contributed by atoms with Gasteiger partial charge in [-0.25, -0.2) is 0 Å². The molecule has 120 valence electrons. The monoisotopic (exact) mass is 437 g/mol. The average Bonchev–Trinajstić information content (AvgIpc) is 2.30. The lowest BCUT2D eigenvalue weighted by atomic mass is 10.2. The molecule has 0 saturated carbocycles. The zero-order valence-electron chi connectivity index (χ0n) is 10.1. The number of hydrogen-bond donors (Lipinski definition) is 0. The van der Waals surface area contributed by atoms with E-state index >= 15 is 0 Å². The van der Waals surface area contributed by atoms with E-state index in [2.05, 4.69) is 0 Å². The molecule has 0 bridgehead atoms. The molecular weight excluding hydrogens is 430 g/mol. The van der Waals surface area contributed by atoms with Gasteiger partial charge in [0.15, 0.2) is 3.57 Å². The second-order valence-corrected chi connectivity index (χ2v) is 7.04. The zero-order chi connectivity index (χ0) is 16.7. The van der Waals surface area contributed by atoms with Crippen LogP contribution in [0.4, 0.5) is 39.5 Å². The summed E-state index contributed by atoms with van der Waals surface area (Å²) in [6.45, 7) is 1.27. The predicted molar refractivity (Wildman–Crippen MR) is 50.8 cm³/mol. The number of rotatable bonds is 4. The van der Waals surface area contributed by atoms with Crippen molar-refractivity contribution in [1.82, 2.24) is 0 Å². The third-order valence-electron chi connectivity index (χ3n) is 2.40. The highest BCUT2D eigenvalue weighted by atomic mass is 127. The smallest absolute Gasteiger partial charge is 0.189 e. The van der Waals surface area contributed by atoms with Crippen molar-refractivity contribution >= 4 is 0 Å². The molecular formula is C11H7F9I+. The molecule has 0 unspecified atom stereocenters. The zero-order valence-corrected chi connectivity index (χ0v) is 12.2. The van der Waals surface area contributed by atoms with E-state index in [0.717, 1.165) is 6.07 Å². The molecule has 0 amide bonds. The first kappa shape index (κ1) is 18.4. The fraction of sp³-hybridized carbons (Fsp3) is 0.455. The van der Waals surface area contributed by atoms with Crippen LogP contribution in [0.25, 0.3) is 0 Å². The molecule has 0 radical (unpaired) electrons. The molecule has 1 aromatic carbocycles. The molecule has 10 heteroatoms. The number of benzene rings is 1. The molecule has 0 nitrogen and oxygen atoms in total. The summed E-state index contributed by atoms with van der Waals surface area (Å²) in [6, 6.07) is 4.87. The highest BCUT2D eigenvalue weighted by Crippen LogP contribution is 2.50. The fourth-order valence-corrected chi connectivity index (χ4v) is 3.60. The van der Waals surface area contributed by atoms with Crippen LogP contribution >= 0.6 is 0 Å². The van der Waals surface area contributed by atoms with Gasteiger partial charge in [-0.2, -0.15) is 39.5 Å². The standard InChI is InChI=1S/C11H7F9I/c1-6-4-2-3-5-7(6)21-11(19,20)9(14,15)8(12,13)10(16,17)18/h2-5H,1H3/q+1. The third kappa shape index (κ3) is 3.24. The van der Waals surface area contributed by atoms with Crippen molar-refractivity contribution in [2.45, 2.75) is 28.9 Å². The van der Waals surface area contributed by atoms with Crippen molar-refractivity contribution in [3.8, 4) is 0 Å². The Bertz CT molecular complexity index is 507. The van der Waals surface area contributed by atoms with Crippen LogP contribution < -0.4 is 21.2 Å². The summed E-state index contributed by atoms with van der Waals surface area (Å²) in [5.41, 5.74) is 0.121. The second kappa shape index (κ2) is 5.51. The average molecular weight is 437 g/mol. The topological polar surface area (TPSA) is 0 Å². The van der Waals surface area contributed by atoms with Crippen LogP contribution in [0, 0.1) is 10.5 Å². The van der Waals surface area contributed by atoms with Crippen LogP contribution in [0.5, 0.6) is 0 Å². The number of halogens is 10. The second-order valence-electron chi connectivity index (χ2n) is 3.99. The van der Waals surface area contributed by atoms with Crippen molar-refractivity contribution in [3.63, 3.8) is 0 Å². The molecule has 0 aliphatic rings. The van der Waals surface area contributed by atoms with E-state index in [0.29, 0.717) is 0 Å². The lowest BCUT2D eigenvalue weighted by Gasteiger charge is -2.28. The van der Waals surface area contributed by atoms with E-state index in [9.17, 15) is 39.5 Å². The number of alkyl halides is 10. The Kier molecular flexibility index (Phi) is 4.82. The van der Waals surface area contributed by atoms with Crippen LogP contribution in [0.1, 0.15) is 5.56 Å². The van der Waals surface area contributed by atoms with E-state index in [1.54, 1.807) is 0 Å². The van der Waals surface area contributed by atoms with Crippen molar-refractivity contribution < 1.29 is 60.7 Å². The van der Waals surface area contributed by atoms with Gasteiger partial charge in [0, 0.05) is 5.56 Å². The molecule has 1 aromatic rings. The highest BCUT2D eigenvalue weighted by molar-refractivity contribution is 5.12. The number of hydrogen-bond acceptors (Lipinski definition) is 0. The SMILES string of the molecule is Cc1ccccc1[I+]C(F)(F)C(F)(F)C(F)(F)C(F)(F)F. The maximum Gasteiger partial charge on any atom is 0.517 e. The van der Waals surface area contributed by atoms with Crippen molar-refractivity contribution in [2.75, 3.05) is 0 Å². The van der Waals surface area contributed by atoms with Gasteiger partial charge < -0.3 is 0 Å². The van der Waals surface area contributed by atoms with Gasteiger partial charge in [0.25, 0.3) is 0 Å². The van der Waals surface area contributed by atoms with Gasteiger partial charge in [0.05, 0.1) is 0 Å². The van der Waals surface area contributed by atoms with E-state index in [4.69, 9.17) is 0 Å². The molecule has 21 heavy (non-hydrogen) atoms. The van der Waals surface area contributed by atoms with Crippen LogP contribution in [-0.2, 0) is 0 Å². The Morgan fingerprint density at radius 1 is 0.762 bits per heavy atom. The van der Waals surface area contributed by atoms with Crippen molar-refractivity contribution in [2.24, 2.45) is 0 Å². The van der Waals surface area contributed by atoms with E-state index in [1.807, 2.05) is 0 Å². The van der Waals surface area contributed by atoms with Gasteiger partial charge in [-0.1, -0.05) is 18.2 Å². The lowest BCUT2D eigenvalue weighted by Crippen LogP contribution is -3.68. The summed E-state index contributed by atoms with van der Waals surface area (Å²) in [5, 5.41) is 0. The molecule has 0 aliphatic heterocycles. The van der Waals surface area contributed by atoms with Gasteiger partial charge >= 0.3 is 43.2 Å². The first-order chi connectivity index (χ1) is 9.24. The molecule has 0 aromatic heterocycles. The lowest BCUT2D eigenvalue weighted by molar-refractivity contribution is -0.791. The number of aryl methyl sites for hydroxylation is 1. The molecule has 0 saturated heterocycles. The van der Waals surface area contributed by atoms with Crippen LogP contribution in [0.2, 0.25) is 0 Å². The summed E-state index contributed by atoms with van der Waals surface area (Å²) in [6.07, 6.45) is -6.77. The maximum absolute atomic E-state index is 13.4. The fourth-order valence-electron chi connectivity index (χ4n) is 1.20. The van der Waals surface area contributed by atoms with Crippen molar-refractivity contribution in [3.05, 3.63) is 33.4 Å². The van der Waals surface area contributed by atoms with Crippen molar-refractivity contribution in [1.29, 1.82) is 0 Å². The van der Waals surface area contributed by atoms with Gasteiger partial charge in [0.1, 0.15) is 0 Å². The van der Waals surface area contributed by atoms with E-state index in [-0.39, 0.29) is 9.13 Å². The van der Waals surface area contributed by atoms with Gasteiger partial charge in [-0.05, 0) is 13.0 Å². The van der Waals surface area contributed by atoms with Gasteiger partial charge in [0.2, 0.25) is 0 Å². The Labute approximate surface area is 123 Å². The molecule has 0 spiro atoms. The minimum atomic E-state index is -6.81. The third-order valence-corrected chi connectivity index (χ3v) is 5.55. The van der Waals surface area contributed by atoms with Crippen LogP contribution in [0.15, 0.2) is 24.3 Å². The molecule has 1 rings (SSSR count). The summed E-state index contributed by atoms with van der Waals surface area (Å²) < 4.78 is 108. The minimum Gasteiger partial charge on any atom is -0.189 e. The van der Waals surface area contributed by atoms with Gasteiger partial charge in [-0.15, -0.1) is 0 Å². The molecule has 0 heterocycles. The molecule has 0 aliphatic carbocycles. The largest absolute Gasteiger partial charge is 0.517 e. The summed E-state index contributed by atoms with van der Waals surface area (Å²) in [7, 11) is 0. The highest BCUT2D eigenvalue weighted by Gasteiger charge is 2.87. The van der Waals surface area contributed by atoms with Crippen LogP contribution in [-0.4, -0.2) is 22.0 Å². The summed E-state index contributed by atoms with van der Waals surface area (Å²) in [5.74, 6) is -13.3. The normalized spacial score (nSPS) is 14.4. The first-order valence-corrected chi connectivity index (χ1v) is 7.31.